The summed E-state index contributed by atoms with van der Waals surface area (Å²) in [7, 11) is 0. The zero-order valence-electron chi connectivity index (χ0n) is 13.2. The van der Waals surface area contributed by atoms with Crippen molar-refractivity contribution in [2.75, 3.05) is 11.9 Å². The van der Waals surface area contributed by atoms with E-state index in [4.69, 9.17) is 0 Å². The lowest BCUT2D eigenvalue weighted by atomic mass is 10.2. The molecule has 1 aromatic rings. The molecule has 0 aromatic heterocycles. The number of amides is 3. The summed E-state index contributed by atoms with van der Waals surface area (Å²) in [4.78, 5) is 36.8. The first-order valence-electron chi connectivity index (χ1n) is 7.65. The Kier molecular flexibility index (Phi) is 6.04. The molecule has 1 aliphatic heterocycles. The van der Waals surface area contributed by atoms with Crippen LogP contribution in [0.5, 0.6) is 0 Å². The van der Waals surface area contributed by atoms with Gasteiger partial charge < -0.3 is 16.0 Å². The fourth-order valence-corrected chi connectivity index (χ4v) is 3.27. The molecule has 2 rings (SSSR count). The molecule has 7 heteroatoms. The van der Waals surface area contributed by atoms with Crippen LogP contribution in [0.3, 0.4) is 0 Å². The smallest absolute Gasteiger partial charge is 0.242 e. The van der Waals surface area contributed by atoms with Crippen molar-refractivity contribution >= 4 is 35.2 Å². The fourth-order valence-electron chi connectivity index (χ4n) is 2.16. The van der Waals surface area contributed by atoms with E-state index in [-0.39, 0.29) is 24.1 Å². The molecule has 0 aliphatic carbocycles. The van der Waals surface area contributed by atoms with E-state index < -0.39 is 11.3 Å². The van der Waals surface area contributed by atoms with Gasteiger partial charge in [-0.2, -0.15) is 0 Å². The highest BCUT2D eigenvalue weighted by Crippen LogP contribution is 2.36. The van der Waals surface area contributed by atoms with E-state index in [1.165, 1.54) is 11.8 Å². The molecule has 124 valence electrons. The summed E-state index contributed by atoms with van der Waals surface area (Å²) in [6.45, 7) is 4.17. The second-order valence-corrected chi connectivity index (χ2v) is 6.62. The number of nitrogens with one attached hydrogen (secondary N) is 3. The van der Waals surface area contributed by atoms with Gasteiger partial charge in [0.25, 0.3) is 0 Å². The lowest BCUT2D eigenvalue weighted by molar-refractivity contribution is -0.129. The number of thioether (sulfide) groups is 1. The van der Waals surface area contributed by atoms with Gasteiger partial charge in [0.2, 0.25) is 17.7 Å². The average Bonchev–Trinajstić information content (AvgIpc) is 2.53. The van der Waals surface area contributed by atoms with E-state index in [0.29, 0.717) is 6.54 Å². The first kappa shape index (κ1) is 17.3. The van der Waals surface area contributed by atoms with Crippen molar-refractivity contribution < 1.29 is 14.4 Å². The third-order valence-corrected chi connectivity index (χ3v) is 4.67. The van der Waals surface area contributed by atoms with Crippen LogP contribution in [-0.2, 0) is 14.4 Å². The second-order valence-electron chi connectivity index (χ2n) is 5.38. The summed E-state index contributed by atoms with van der Waals surface area (Å²) in [6.07, 6.45) is 0.876. The van der Waals surface area contributed by atoms with Crippen molar-refractivity contribution in [1.82, 2.24) is 10.6 Å². The van der Waals surface area contributed by atoms with Gasteiger partial charge in [-0.05, 0) is 25.5 Å². The molecule has 0 radical (unpaired) electrons. The quantitative estimate of drug-likeness (QED) is 0.735. The Morgan fingerprint density at radius 3 is 2.83 bits per heavy atom. The monoisotopic (exact) mass is 335 g/mol. The van der Waals surface area contributed by atoms with Crippen molar-refractivity contribution in [3.63, 3.8) is 0 Å². The Hall–Kier alpha value is -2.02. The minimum absolute atomic E-state index is 0.0379. The summed E-state index contributed by atoms with van der Waals surface area (Å²) < 4.78 is 0. The standard InChI is InChI=1S/C16H21N3O3S/c1-3-8-17-15(21)10(2)18-14(20)9-13-16(22)19-11-6-4-5-7-12(11)23-13/h4-7,10,13H,3,8-9H2,1-2H3,(H,17,21)(H,18,20)(H,19,22)/t10-,13+/m0/s1. The van der Waals surface area contributed by atoms with Crippen LogP contribution in [0.15, 0.2) is 29.2 Å². The minimum atomic E-state index is -0.613. The maximum atomic E-state index is 12.1. The van der Waals surface area contributed by atoms with Gasteiger partial charge in [-0.1, -0.05) is 19.1 Å². The highest BCUT2D eigenvalue weighted by Gasteiger charge is 2.29. The normalized spacial score (nSPS) is 17.7. The first-order valence-corrected chi connectivity index (χ1v) is 8.53. The molecule has 3 N–H and O–H groups in total. The minimum Gasteiger partial charge on any atom is -0.354 e. The number of para-hydroxylation sites is 1. The summed E-state index contributed by atoms with van der Waals surface area (Å²) >= 11 is 1.37. The van der Waals surface area contributed by atoms with Crippen LogP contribution in [0, 0.1) is 0 Å². The second kappa shape index (κ2) is 8.01. The highest BCUT2D eigenvalue weighted by atomic mass is 32.2. The van der Waals surface area contributed by atoms with Crippen LogP contribution in [-0.4, -0.2) is 35.6 Å². The molecule has 2 atom stereocenters. The average molecular weight is 335 g/mol. The molecule has 0 saturated carbocycles. The molecule has 0 unspecified atom stereocenters. The van der Waals surface area contributed by atoms with Crippen molar-refractivity contribution in [1.29, 1.82) is 0 Å². The molecule has 0 spiro atoms. The summed E-state index contributed by atoms with van der Waals surface area (Å²) in [5.41, 5.74) is 0.770. The highest BCUT2D eigenvalue weighted by molar-refractivity contribution is 8.01. The number of benzene rings is 1. The molecule has 6 nitrogen and oxygen atoms in total. The molecular weight excluding hydrogens is 314 g/mol. The Morgan fingerprint density at radius 2 is 2.09 bits per heavy atom. The SMILES string of the molecule is CCCNC(=O)[C@H](C)NC(=O)C[C@H]1Sc2ccccc2NC1=O. The molecule has 0 fully saturated rings. The number of hydrogen-bond donors (Lipinski definition) is 3. The van der Waals surface area contributed by atoms with Gasteiger partial charge >= 0.3 is 0 Å². The Morgan fingerprint density at radius 1 is 1.35 bits per heavy atom. The van der Waals surface area contributed by atoms with Crippen molar-refractivity contribution in [3.8, 4) is 0 Å². The Balaban J connectivity index is 1.88. The number of carbonyl (C=O) groups excluding carboxylic acids is 3. The fraction of sp³-hybridized carbons (Fsp3) is 0.438. The number of carbonyl (C=O) groups is 3. The summed E-state index contributed by atoms with van der Waals surface area (Å²) in [6, 6.07) is 6.86. The third-order valence-electron chi connectivity index (χ3n) is 3.40. The van der Waals surface area contributed by atoms with E-state index in [0.717, 1.165) is 17.0 Å². The number of rotatable bonds is 6. The molecule has 1 aliphatic rings. The maximum absolute atomic E-state index is 12.1. The lowest BCUT2D eigenvalue weighted by Crippen LogP contribution is -2.46. The van der Waals surface area contributed by atoms with Crippen LogP contribution in [0.2, 0.25) is 0 Å². The first-order chi connectivity index (χ1) is 11.0. The van der Waals surface area contributed by atoms with Crippen molar-refractivity contribution in [3.05, 3.63) is 24.3 Å². The predicted octanol–water partition coefficient (Wildman–Crippen LogP) is 1.52. The van der Waals surface area contributed by atoms with Gasteiger partial charge in [-0.15, -0.1) is 11.8 Å². The van der Waals surface area contributed by atoms with Crippen LogP contribution < -0.4 is 16.0 Å². The van der Waals surface area contributed by atoms with E-state index in [1.807, 2.05) is 31.2 Å². The molecule has 23 heavy (non-hydrogen) atoms. The van der Waals surface area contributed by atoms with Crippen LogP contribution in [0.4, 0.5) is 5.69 Å². The molecule has 0 bridgehead atoms. The van der Waals surface area contributed by atoms with Crippen molar-refractivity contribution in [2.45, 2.75) is 42.9 Å². The van der Waals surface area contributed by atoms with Gasteiger partial charge in [0.15, 0.2) is 0 Å². The van der Waals surface area contributed by atoms with Crippen LogP contribution in [0.25, 0.3) is 0 Å². The molecule has 0 saturated heterocycles. The van der Waals surface area contributed by atoms with Gasteiger partial charge in [-0.25, -0.2) is 0 Å². The molecular formula is C16H21N3O3S. The zero-order chi connectivity index (χ0) is 16.8. The van der Waals surface area contributed by atoms with E-state index in [9.17, 15) is 14.4 Å². The van der Waals surface area contributed by atoms with E-state index in [1.54, 1.807) is 6.92 Å². The van der Waals surface area contributed by atoms with Gasteiger partial charge in [0.1, 0.15) is 6.04 Å². The predicted molar refractivity (Wildman–Crippen MR) is 90.2 cm³/mol. The third kappa shape index (κ3) is 4.72. The van der Waals surface area contributed by atoms with E-state index >= 15 is 0 Å². The summed E-state index contributed by atoms with van der Waals surface area (Å²) in [5, 5.41) is 7.67. The van der Waals surface area contributed by atoms with Gasteiger partial charge in [0, 0.05) is 17.9 Å². The number of anilines is 1. The maximum Gasteiger partial charge on any atom is 0.242 e. The van der Waals surface area contributed by atoms with Crippen molar-refractivity contribution in [2.24, 2.45) is 0 Å². The van der Waals surface area contributed by atoms with Gasteiger partial charge in [-0.3, -0.25) is 14.4 Å². The number of hydrogen-bond acceptors (Lipinski definition) is 4. The Labute approximate surface area is 139 Å². The largest absolute Gasteiger partial charge is 0.354 e. The topological polar surface area (TPSA) is 87.3 Å². The Bertz CT molecular complexity index is 606. The zero-order valence-corrected chi connectivity index (χ0v) is 14.0. The lowest BCUT2D eigenvalue weighted by Gasteiger charge is -2.24. The molecule has 1 heterocycles. The number of fused-ring (bicyclic) bond motifs is 1. The van der Waals surface area contributed by atoms with E-state index in [2.05, 4.69) is 16.0 Å². The van der Waals surface area contributed by atoms with Crippen LogP contribution in [0.1, 0.15) is 26.7 Å². The summed E-state index contributed by atoms with van der Waals surface area (Å²) in [5.74, 6) is -0.714. The van der Waals surface area contributed by atoms with Crippen LogP contribution >= 0.6 is 11.8 Å². The molecule has 3 amide bonds. The van der Waals surface area contributed by atoms with Gasteiger partial charge in [0.05, 0.1) is 10.9 Å². The molecule has 1 aromatic carbocycles.